The second-order valence-electron chi connectivity index (χ2n) is 5.55. The number of aromatic nitrogens is 2. The van der Waals surface area contributed by atoms with Gasteiger partial charge in [-0.1, -0.05) is 60.7 Å². The number of hydrogen-bond donors (Lipinski definition) is 2. The van der Waals surface area contributed by atoms with Gasteiger partial charge < -0.3 is 4.98 Å². The third kappa shape index (κ3) is 2.25. The highest BCUT2D eigenvalue weighted by atomic mass is 16.2. The van der Waals surface area contributed by atoms with Gasteiger partial charge in [0, 0.05) is 17.7 Å². The van der Waals surface area contributed by atoms with Gasteiger partial charge >= 0.3 is 5.69 Å². The number of H-pyrrole nitrogens is 2. The van der Waals surface area contributed by atoms with Crippen LogP contribution in [0, 0.1) is 0 Å². The SMILES string of the molecule is O=c1[nH]cc(C2c3ccccc3C=Cc3ccccc32)c(=O)[nH]1. The van der Waals surface area contributed by atoms with Crippen molar-refractivity contribution in [1.29, 1.82) is 0 Å². The van der Waals surface area contributed by atoms with Crippen molar-refractivity contribution in [3.63, 3.8) is 0 Å². The maximum absolute atomic E-state index is 12.4. The molecule has 4 rings (SSSR count). The quantitative estimate of drug-likeness (QED) is 0.568. The maximum atomic E-state index is 12.4. The molecule has 4 heteroatoms. The van der Waals surface area contributed by atoms with Gasteiger partial charge in [-0.3, -0.25) is 9.78 Å². The summed E-state index contributed by atoms with van der Waals surface area (Å²) in [6, 6.07) is 16.0. The summed E-state index contributed by atoms with van der Waals surface area (Å²) >= 11 is 0. The first kappa shape index (κ1) is 13.5. The van der Waals surface area contributed by atoms with Gasteiger partial charge in [0.2, 0.25) is 0 Å². The van der Waals surface area contributed by atoms with E-state index in [1.165, 1.54) is 6.20 Å². The lowest BCUT2D eigenvalue weighted by Crippen LogP contribution is -2.27. The molecule has 0 saturated carbocycles. The minimum Gasteiger partial charge on any atom is -0.314 e. The summed E-state index contributed by atoms with van der Waals surface area (Å²) in [5, 5.41) is 0. The molecule has 0 atom stereocenters. The van der Waals surface area contributed by atoms with Gasteiger partial charge in [0.25, 0.3) is 5.56 Å². The average Bonchev–Trinajstić information content (AvgIpc) is 2.72. The Hall–Kier alpha value is -3.14. The van der Waals surface area contributed by atoms with Crippen LogP contribution < -0.4 is 11.2 Å². The zero-order chi connectivity index (χ0) is 15.8. The van der Waals surface area contributed by atoms with Crippen LogP contribution in [0.15, 0.2) is 64.3 Å². The first-order valence-corrected chi connectivity index (χ1v) is 7.42. The van der Waals surface area contributed by atoms with Crippen molar-refractivity contribution >= 4 is 12.2 Å². The van der Waals surface area contributed by atoms with Crippen LogP contribution in [0.1, 0.15) is 33.7 Å². The maximum Gasteiger partial charge on any atom is 0.325 e. The van der Waals surface area contributed by atoms with Crippen LogP contribution in [0.5, 0.6) is 0 Å². The van der Waals surface area contributed by atoms with Crippen LogP contribution in [0.3, 0.4) is 0 Å². The van der Waals surface area contributed by atoms with Crippen LogP contribution >= 0.6 is 0 Å². The van der Waals surface area contributed by atoms with Gasteiger partial charge in [-0.05, 0) is 22.3 Å². The summed E-state index contributed by atoms with van der Waals surface area (Å²) in [6.45, 7) is 0. The number of fused-ring (bicyclic) bond motifs is 2. The van der Waals surface area contributed by atoms with Crippen molar-refractivity contribution in [3.05, 3.63) is 103 Å². The first-order valence-electron chi connectivity index (χ1n) is 7.42. The molecule has 1 aliphatic carbocycles. The number of aromatic amines is 2. The molecular formula is C19H14N2O2. The van der Waals surface area contributed by atoms with E-state index in [9.17, 15) is 9.59 Å². The minimum atomic E-state index is -0.493. The summed E-state index contributed by atoms with van der Waals surface area (Å²) in [5.41, 5.74) is 3.92. The molecule has 2 aromatic carbocycles. The highest BCUT2D eigenvalue weighted by Gasteiger charge is 2.25. The molecule has 0 fully saturated rings. The third-order valence-electron chi connectivity index (χ3n) is 4.22. The zero-order valence-corrected chi connectivity index (χ0v) is 12.2. The van der Waals surface area contributed by atoms with E-state index in [1.54, 1.807) is 0 Å². The topological polar surface area (TPSA) is 65.7 Å². The normalized spacial score (nSPS) is 13.2. The Morgan fingerprint density at radius 3 is 1.87 bits per heavy atom. The number of benzene rings is 2. The Morgan fingerprint density at radius 2 is 1.30 bits per heavy atom. The summed E-state index contributed by atoms with van der Waals surface area (Å²) in [6.07, 6.45) is 5.65. The van der Waals surface area contributed by atoms with E-state index in [4.69, 9.17) is 0 Å². The zero-order valence-electron chi connectivity index (χ0n) is 12.2. The molecule has 0 saturated heterocycles. The summed E-state index contributed by atoms with van der Waals surface area (Å²) in [7, 11) is 0. The standard InChI is InChI=1S/C19H14N2O2/c22-18-16(11-20-19(23)21-18)17-14-7-3-1-5-12(14)9-10-13-6-2-4-8-15(13)17/h1-11,17H,(H2,20,21,22,23). The van der Waals surface area contributed by atoms with Crippen molar-refractivity contribution < 1.29 is 0 Å². The fourth-order valence-electron chi connectivity index (χ4n) is 3.17. The van der Waals surface area contributed by atoms with Crippen LogP contribution in [0.25, 0.3) is 12.2 Å². The number of rotatable bonds is 1. The Bertz CT molecular complexity index is 978. The molecule has 2 N–H and O–H groups in total. The Labute approximate surface area is 132 Å². The van der Waals surface area contributed by atoms with E-state index in [0.717, 1.165) is 22.3 Å². The van der Waals surface area contributed by atoms with E-state index in [1.807, 2.05) is 48.5 Å². The lowest BCUT2D eigenvalue weighted by Gasteiger charge is -2.19. The van der Waals surface area contributed by atoms with Crippen molar-refractivity contribution in [2.45, 2.75) is 5.92 Å². The second kappa shape index (κ2) is 5.25. The second-order valence-corrected chi connectivity index (χ2v) is 5.55. The first-order chi connectivity index (χ1) is 11.2. The molecule has 112 valence electrons. The average molecular weight is 302 g/mol. The molecule has 0 amide bonds. The largest absolute Gasteiger partial charge is 0.325 e. The molecule has 0 aliphatic heterocycles. The molecule has 1 aromatic heterocycles. The van der Waals surface area contributed by atoms with Gasteiger partial charge in [-0.15, -0.1) is 0 Å². The molecule has 4 nitrogen and oxygen atoms in total. The van der Waals surface area contributed by atoms with Crippen LogP contribution in [-0.2, 0) is 0 Å². The molecule has 1 aliphatic rings. The van der Waals surface area contributed by atoms with E-state index in [2.05, 4.69) is 22.1 Å². The number of nitrogens with one attached hydrogen (secondary N) is 2. The van der Waals surface area contributed by atoms with Gasteiger partial charge in [0.05, 0.1) is 0 Å². The van der Waals surface area contributed by atoms with Gasteiger partial charge in [-0.25, -0.2) is 4.79 Å². The highest BCUT2D eigenvalue weighted by molar-refractivity contribution is 5.77. The van der Waals surface area contributed by atoms with E-state index < -0.39 is 5.69 Å². The predicted octanol–water partition coefficient (Wildman–Crippen LogP) is 2.73. The monoisotopic (exact) mass is 302 g/mol. The van der Waals surface area contributed by atoms with E-state index >= 15 is 0 Å². The fourth-order valence-corrected chi connectivity index (χ4v) is 3.17. The lowest BCUT2D eigenvalue weighted by atomic mass is 9.83. The van der Waals surface area contributed by atoms with Crippen LogP contribution in [0.2, 0.25) is 0 Å². The van der Waals surface area contributed by atoms with Gasteiger partial charge in [0.15, 0.2) is 0 Å². The lowest BCUT2D eigenvalue weighted by molar-refractivity contribution is 0.895. The Morgan fingerprint density at radius 1 is 0.739 bits per heavy atom. The summed E-state index contributed by atoms with van der Waals surface area (Å²) in [4.78, 5) is 28.7. The smallest absolute Gasteiger partial charge is 0.314 e. The summed E-state index contributed by atoms with van der Waals surface area (Å²) in [5.74, 6) is -0.224. The number of hydrogen-bond acceptors (Lipinski definition) is 2. The van der Waals surface area contributed by atoms with Crippen molar-refractivity contribution in [2.75, 3.05) is 0 Å². The Kier molecular flexibility index (Phi) is 3.08. The predicted molar refractivity (Wildman–Crippen MR) is 90.4 cm³/mol. The molecule has 0 bridgehead atoms. The van der Waals surface area contributed by atoms with Gasteiger partial charge in [0.1, 0.15) is 0 Å². The minimum absolute atomic E-state index is 0.224. The molecule has 0 radical (unpaired) electrons. The highest BCUT2D eigenvalue weighted by Crippen LogP contribution is 2.37. The van der Waals surface area contributed by atoms with E-state index in [-0.39, 0.29) is 11.5 Å². The third-order valence-corrected chi connectivity index (χ3v) is 4.22. The molecule has 1 heterocycles. The van der Waals surface area contributed by atoms with E-state index in [0.29, 0.717) is 5.56 Å². The van der Waals surface area contributed by atoms with Crippen LogP contribution in [0.4, 0.5) is 0 Å². The molecule has 3 aromatic rings. The van der Waals surface area contributed by atoms with Crippen LogP contribution in [-0.4, -0.2) is 9.97 Å². The summed E-state index contributed by atoms with van der Waals surface area (Å²) < 4.78 is 0. The van der Waals surface area contributed by atoms with Crippen molar-refractivity contribution in [2.24, 2.45) is 0 Å². The Balaban J connectivity index is 2.07. The molecular weight excluding hydrogens is 288 g/mol. The molecule has 23 heavy (non-hydrogen) atoms. The van der Waals surface area contributed by atoms with Crippen molar-refractivity contribution in [1.82, 2.24) is 9.97 Å². The molecule has 0 unspecified atom stereocenters. The molecule has 0 spiro atoms. The fraction of sp³-hybridized carbons (Fsp3) is 0.0526. The van der Waals surface area contributed by atoms with Crippen molar-refractivity contribution in [3.8, 4) is 0 Å². The van der Waals surface area contributed by atoms with Gasteiger partial charge in [-0.2, -0.15) is 0 Å².